The number of benzene rings is 1. The van der Waals surface area contributed by atoms with Crippen molar-refractivity contribution < 1.29 is 8.78 Å². The molecule has 17 heavy (non-hydrogen) atoms. The number of nitrogens with one attached hydrogen (secondary N) is 1. The highest BCUT2D eigenvalue weighted by Gasteiger charge is 2.04. The van der Waals surface area contributed by atoms with Crippen LogP contribution in [0.25, 0.3) is 0 Å². The Balaban J connectivity index is 2.24. The van der Waals surface area contributed by atoms with Gasteiger partial charge in [0.25, 0.3) is 0 Å². The maximum Gasteiger partial charge on any atom is 0.136 e. The second-order valence-corrected chi connectivity index (χ2v) is 5.25. The highest BCUT2D eigenvalue weighted by Crippen LogP contribution is 2.23. The van der Waals surface area contributed by atoms with Gasteiger partial charge in [0.05, 0.1) is 0 Å². The summed E-state index contributed by atoms with van der Waals surface area (Å²) in [7, 11) is 1.95. The minimum absolute atomic E-state index is 0.333. The zero-order chi connectivity index (χ0) is 12.7. The Labute approximate surface area is 106 Å². The maximum absolute atomic E-state index is 13.3. The first-order valence-electron chi connectivity index (χ1n) is 5.88. The fourth-order valence-electron chi connectivity index (χ4n) is 1.47. The number of thioether (sulfide) groups is 1. The lowest BCUT2D eigenvalue weighted by Gasteiger charge is -2.09. The molecule has 0 saturated heterocycles. The molecule has 0 aliphatic carbocycles. The van der Waals surface area contributed by atoms with E-state index in [2.05, 4.69) is 12.2 Å². The van der Waals surface area contributed by atoms with E-state index in [9.17, 15) is 8.78 Å². The van der Waals surface area contributed by atoms with Gasteiger partial charge in [0.2, 0.25) is 0 Å². The molecule has 1 atom stereocenters. The van der Waals surface area contributed by atoms with Gasteiger partial charge in [-0.25, -0.2) is 8.78 Å². The monoisotopic (exact) mass is 259 g/mol. The zero-order valence-electron chi connectivity index (χ0n) is 10.3. The van der Waals surface area contributed by atoms with Gasteiger partial charge in [-0.15, -0.1) is 11.8 Å². The first-order valence-corrected chi connectivity index (χ1v) is 6.87. The SMILES string of the molecule is CNC(C)CCCCSc1cc(F)ccc1F. The van der Waals surface area contributed by atoms with Crippen molar-refractivity contribution in [3.63, 3.8) is 0 Å². The van der Waals surface area contributed by atoms with Crippen LogP contribution in [0.3, 0.4) is 0 Å². The molecule has 0 radical (unpaired) electrons. The molecule has 1 nitrogen and oxygen atoms in total. The van der Waals surface area contributed by atoms with Gasteiger partial charge in [-0.3, -0.25) is 0 Å². The molecule has 0 aliphatic heterocycles. The summed E-state index contributed by atoms with van der Waals surface area (Å²) >= 11 is 1.39. The second-order valence-electron chi connectivity index (χ2n) is 4.11. The van der Waals surface area contributed by atoms with Crippen molar-refractivity contribution >= 4 is 11.8 Å². The Hall–Kier alpha value is -0.610. The molecule has 1 aromatic rings. The van der Waals surface area contributed by atoms with E-state index in [0.29, 0.717) is 10.9 Å². The van der Waals surface area contributed by atoms with Crippen LogP contribution >= 0.6 is 11.8 Å². The van der Waals surface area contributed by atoms with Gasteiger partial charge in [0.1, 0.15) is 11.6 Å². The van der Waals surface area contributed by atoms with Gasteiger partial charge in [-0.2, -0.15) is 0 Å². The average Bonchev–Trinajstić information content (AvgIpc) is 2.32. The molecule has 0 heterocycles. The average molecular weight is 259 g/mol. The number of hydrogen-bond donors (Lipinski definition) is 1. The van der Waals surface area contributed by atoms with Crippen molar-refractivity contribution in [2.45, 2.75) is 37.1 Å². The van der Waals surface area contributed by atoms with E-state index in [0.717, 1.165) is 31.1 Å². The molecule has 1 unspecified atom stereocenters. The summed E-state index contributed by atoms with van der Waals surface area (Å²) in [5, 5.41) is 3.17. The number of unbranched alkanes of at least 4 members (excludes halogenated alkanes) is 1. The van der Waals surface area contributed by atoms with Crippen LogP contribution in [0.5, 0.6) is 0 Å². The molecule has 1 aromatic carbocycles. The topological polar surface area (TPSA) is 12.0 Å². The van der Waals surface area contributed by atoms with Crippen molar-refractivity contribution in [3.8, 4) is 0 Å². The lowest BCUT2D eigenvalue weighted by molar-refractivity contribution is 0.538. The highest BCUT2D eigenvalue weighted by molar-refractivity contribution is 7.99. The van der Waals surface area contributed by atoms with Gasteiger partial charge in [-0.1, -0.05) is 6.42 Å². The van der Waals surface area contributed by atoms with Crippen molar-refractivity contribution in [1.29, 1.82) is 0 Å². The number of hydrogen-bond acceptors (Lipinski definition) is 2. The van der Waals surface area contributed by atoms with Crippen molar-refractivity contribution in [3.05, 3.63) is 29.8 Å². The first kappa shape index (κ1) is 14.5. The maximum atomic E-state index is 13.3. The van der Waals surface area contributed by atoms with E-state index in [-0.39, 0.29) is 11.6 Å². The Morgan fingerprint density at radius 3 is 2.76 bits per heavy atom. The van der Waals surface area contributed by atoms with Crippen LogP contribution < -0.4 is 5.32 Å². The number of halogens is 2. The lowest BCUT2D eigenvalue weighted by Crippen LogP contribution is -2.20. The standard InChI is InChI=1S/C13H19F2NS/c1-10(16-2)5-3-4-8-17-13-9-11(14)6-7-12(13)15/h6-7,9-10,16H,3-5,8H2,1-2H3. The molecule has 0 aromatic heterocycles. The van der Waals surface area contributed by atoms with E-state index < -0.39 is 0 Å². The fraction of sp³-hybridized carbons (Fsp3) is 0.538. The molecule has 1 N–H and O–H groups in total. The quantitative estimate of drug-likeness (QED) is 0.590. The Morgan fingerprint density at radius 1 is 1.29 bits per heavy atom. The third-order valence-corrected chi connectivity index (χ3v) is 3.79. The van der Waals surface area contributed by atoms with E-state index in [1.165, 1.54) is 23.9 Å². The summed E-state index contributed by atoms with van der Waals surface area (Å²) in [5.74, 6) is 0.120. The third-order valence-electron chi connectivity index (χ3n) is 2.68. The highest BCUT2D eigenvalue weighted by atomic mass is 32.2. The van der Waals surface area contributed by atoms with E-state index in [4.69, 9.17) is 0 Å². The summed E-state index contributed by atoms with van der Waals surface area (Å²) < 4.78 is 26.2. The van der Waals surface area contributed by atoms with Crippen LogP contribution in [0, 0.1) is 11.6 Å². The zero-order valence-corrected chi connectivity index (χ0v) is 11.1. The predicted octanol–water partition coefficient (Wildman–Crippen LogP) is 3.84. The Morgan fingerprint density at radius 2 is 2.06 bits per heavy atom. The number of rotatable bonds is 7. The van der Waals surface area contributed by atoms with Crippen LogP contribution in [0.2, 0.25) is 0 Å². The molecule has 0 bridgehead atoms. The fourth-order valence-corrected chi connectivity index (χ4v) is 2.44. The van der Waals surface area contributed by atoms with Crippen LogP contribution in [0.1, 0.15) is 26.2 Å². The molecule has 0 aliphatic rings. The van der Waals surface area contributed by atoms with E-state index in [1.807, 2.05) is 7.05 Å². The molecular formula is C13H19F2NS. The first-order chi connectivity index (χ1) is 8.13. The summed E-state index contributed by atoms with van der Waals surface area (Å²) in [6, 6.07) is 4.11. The summed E-state index contributed by atoms with van der Waals surface area (Å²) in [5.41, 5.74) is 0. The van der Waals surface area contributed by atoms with Crippen molar-refractivity contribution in [2.24, 2.45) is 0 Å². The van der Waals surface area contributed by atoms with Crippen LogP contribution in [0.4, 0.5) is 8.78 Å². The normalized spacial score (nSPS) is 12.7. The molecule has 4 heteroatoms. The van der Waals surface area contributed by atoms with Crippen LogP contribution in [-0.2, 0) is 0 Å². The smallest absolute Gasteiger partial charge is 0.136 e. The molecule has 0 spiro atoms. The van der Waals surface area contributed by atoms with Gasteiger partial charge in [0, 0.05) is 10.9 Å². The minimum Gasteiger partial charge on any atom is -0.317 e. The molecule has 0 amide bonds. The second kappa shape index (κ2) is 7.67. The molecule has 1 rings (SSSR count). The molecule has 0 fully saturated rings. The largest absolute Gasteiger partial charge is 0.317 e. The van der Waals surface area contributed by atoms with Gasteiger partial charge >= 0.3 is 0 Å². The Bertz CT molecular complexity index is 344. The molecule has 96 valence electrons. The molecular weight excluding hydrogens is 240 g/mol. The third kappa shape index (κ3) is 5.50. The van der Waals surface area contributed by atoms with Gasteiger partial charge in [-0.05, 0) is 50.8 Å². The summed E-state index contributed by atoms with van der Waals surface area (Å²) in [4.78, 5) is 0.409. The van der Waals surface area contributed by atoms with Crippen LogP contribution in [0.15, 0.2) is 23.1 Å². The summed E-state index contributed by atoms with van der Waals surface area (Å²) in [6.45, 7) is 2.14. The summed E-state index contributed by atoms with van der Waals surface area (Å²) in [6.07, 6.45) is 3.24. The Kier molecular flexibility index (Phi) is 6.52. The van der Waals surface area contributed by atoms with E-state index >= 15 is 0 Å². The van der Waals surface area contributed by atoms with Crippen LogP contribution in [-0.4, -0.2) is 18.8 Å². The predicted molar refractivity (Wildman–Crippen MR) is 69.5 cm³/mol. The molecule has 0 saturated carbocycles. The van der Waals surface area contributed by atoms with Crippen molar-refractivity contribution in [2.75, 3.05) is 12.8 Å². The van der Waals surface area contributed by atoms with Crippen molar-refractivity contribution in [1.82, 2.24) is 5.32 Å². The minimum atomic E-state index is -0.377. The van der Waals surface area contributed by atoms with Gasteiger partial charge in [0.15, 0.2) is 0 Å². The lowest BCUT2D eigenvalue weighted by atomic mass is 10.1. The van der Waals surface area contributed by atoms with E-state index in [1.54, 1.807) is 0 Å². The van der Waals surface area contributed by atoms with Gasteiger partial charge < -0.3 is 5.32 Å².